The van der Waals surface area contributed by atoms with E-state index < -0.39 is 0 Å². The second-order valence-electron chi connectivity index (χ2n) is 5.64. The number of pyridine rings is 1. The minimum absolute atomic E-state index is 0.835. The van der Waals surface area contributed by atoms with Crippen molar-refractivity contribution in [1.82, 2.24) is 4.98 Å². The van der Waals surface area contributed by atoms with Crippen molar-refractivity contribution in [2.75, 3.05) is 12.4 Å². The van der Waals surface area contributed by atoms with E-state index in [9.17, 15) is 0 Å². The van der Waals surface area contributed by atoms with E-state index in [0.717, 1.165) is 33.7 Å². The zero-order valence-electron chi connectivity index (χ0n) is 13.4. The van der Waals surface area contributed by atoms with Gasteiger partial charge in [-0.25, -0.2) is 0 Å². The summed E-state index contributed by atoms with van der Waals surface area (Å²) >= 11 is 0. The molecule has 22 heavy (non-hydrogen) atoms. The van der Waals surface area contributed by atoms with Crippen LogP contribution in [0.3, 0.4) is 0 Å². The molecule has 1 N–H and O–H groups in total. The molecule has 3 rings (SSSR count). The lowest BCUT2D eigenvalue weighted by Crippen LogP contribution is -1.97. The summed E-state index contributed by atoms with van der Waals surface area (Å²) < 4.78 is 5.35. The van der Waals surface area contributed by atoms with Crippen molar-refractivity contribution in [2.24, 2.45) is 0 Å². The van der Waals surface area contributed by atoms with Gasteiger partial charge >= 0.3 is 0 Å². The Labute approximate surface area is 131 Å². The number of nitrogens with zero attached hydrogens (tertiary/aromatic N) is 1. The van der Waals surface area contributed by atoms with E-state index in [1.54, 1.807) is 7.11 Å². The molecule has 0 atom stereocenters. The van der Waals surface area contributed by atoms with Gasteiger partial charge in [-0.3, -0.25) is 4.98 Å². The maximum atomic E-state index is 5.35. The van der Waals surface area contributed by atoms with E-state index in [4.69, 9.17) is 4.74 Å². The second kappa shape index (κ2) is 5.68. The van der Waals surface area contributed by atoms with Crippen LogP contribution in [0.25, 0.3) is 10.9 Å². The van der Waals surface area contributed by atoms with Crippen LogP contribution >= 0.6 is 0 Å². The molecule has 2 aromatic carbocycles. The third-order valence-corrected chi connectivity index (χ3v) is 3.81. The number of aromatic nitrogens is 1. The number of ether oxygens (including phenoxy) is 1. The normalized spacial score (nSPS) is 10.7. The number of benzene rings is 2. The van der Waals surface area contributed by atoms with Crippen molar-refractivity contribution in [2.45, 2.75) is 20.8 Å². The molecule has 0 saturated heterocycles. The van der Waals surface area contributed by atoms with Crippen molar-refractivity contribution in [1.29, 1.82) is 0 Å². The Morgan fingerprint density at radius 2 is 1.73 bits per heavy atom. The van der Waals surface area contributed by atoms with Crippen LogP contribution in [0.2, 0.25) is 0 Å². The lowest BCUT2D eigenvalue weighted by atomic mass is 10.1. The van der Waals surface area contributed by atoms with Gasteiger partial charge in [0.1, 0.15) is 5.75 Å². The minimum atomic E-state index is 0.835. The van der Waals surface area contributed by atoms with Gasteiger partial charge in [0.15, 0.2) is 0 Å². The zero-order chi connectivity index (χ0) is 15.7. The Morgan fingerprint density at radius 1 is 0.909 bits per heavy atom. The quantitative estimate of drug-likeness (QED) is 0.744. The number of anilines is 2. The Morgan fingerprint density at radius 3 is 2.50 bits per heavy atom. The zero-order valence-corrected chi connectivity index (χ0v) is 13.4. The van der Waals surface area contributed by atoms with Crippen LogP contribution in [-0.4, -0.2) is 12.1 Å². The van der Waals surface area contributed by atoms with E-state index in [0.29, 0.717) is 0 Å². The molecule has 0 unspecified atom stereocenters. The predicted molar refractivity (Wildman–Crippen MR) is 92.2 cm³/mol. The summed E-state index contributed by atoms with van der Waals surface area (Å²) in [4.78, 5) is 4.60. The number of hydrogen-bond donors (Lipinski definition) is 1. The van der Waals surface area contributed by atoms with Crippen LogP contribution in [-0.2, 0) is 0 Å². The van der Waals surface area contributed by atoms with Crippen molar-refractivity contribution in [3.63, 3.8) is 0 Å². The number of nitrogens with one attached hydrogen (secondary N) is 1. The third-order valence-electron chi connectivity index (χ3n) is 3.81. The van der Waals surface area contributed by atoms with E-state index in [1.807, 2.05) is 25.1 Å². The molecule has 3 aromatic rings. The number of aryl methyl sites for hydroxylation is 3. The summed E-state index contributed by atoms with van der Waals surface area (Å²) in [6.45, 7) is 6.22. The van der Waals surface area contributed by atoms with Gasteiger partial charge in [0.05, 0.1) is 12.6 Å². The largest absolute Gasteiger partial charge is 0.497 e. The van der Waals surface area contributed by atoms with Crippen LogP contribution in [0, 0.1) is 20.8 Å². The summed E-state index contributed by atoms with van der Waals surface area (Å²) in [6.07, 6.45) is 0. The highest BCUT2D eigenvalue weighted by molar-refractivity contribution is 5.94. The number of rotatable bonds is 3. The Balaban J connectivity index is 2.14. The lowest BCUT2D eigenvalue weighted by Gasteiger charge is -2.14. The van der Waals surface area contributed by atoms with Crippen molar-refractivity contribution in [3.05, 3.63) is 59.3 Å². The molecular weight excluding hydrogens is 272 g/mol. The topological polar surface area (TPSA) is 34.1 Å². The van der Waals surface area contributed by atoms with E-state index in [1.165, 1.54) is 11.1 Å². The highest BCUT2D eigenvalue weighted by atomic mass is 16.5. The van der Waals surface area contributed by atoms with Gasteiger partial charge in [0.2, 0.25) is 0 Å². The number of hydrogen-bond acceptors (Lipinski definition) is 3. The standard InChI is InChI=1S/C19H20N2O/c1-12-5-6-13(2)18(9-12)21-19-10-14(3)20-17-8-7-15(22-4)11-16(17)19/h5-11H,1-4H3,(H,20,21). The highest BCUT2D eigenvalue weighted by Gasteiger charge is 2.07. The van der Waals surface area contributed by atoms with Gasteiger partial charge in [-0.15, -0.1) is 0 Å². The van der Waals surface area contributed by atoms with Gasteiger partial charge in [-0.05, 0) is 62.2 Å². The van der Waals surface area contributed by atoms with Gasteiger partial charge < -0.3 is 10.1 Å². The fourth-order valence-electron chi connectivity index (χ4n) is 2.58. The summed E-state index contributed by atoms with van der Waals surface area (Å²) in [5.74, 6) is 0.835. The number of fused-ring (bicyclic) bond motifs is 1. The van der Waals surface area contributed by atoms with E-state index in [2.05, 4.69) is 48.4 Å². The second-order valence-corrected chi connectivity index (χ2v) is 5.64. The fourth-order valence-corrected chi connectivity index (χ4v) is 2.58. The first-order valence-corrected chi connectivity index (χ1v) is 7.36. The number of methoxy groups -OCH3 is 1. The first-order chi connectivity index (χ1) is 10.6. The van der Waals surface area contributed by atoms with Crippen molar-refractivity contribution < 1.29 is 4.74 Å². The molecule has 3 heteroatoms. The molecule has 0 spiro atoms. The minimum Gasteiger partial charge on any atom is -0.497 e. The molecule has 3 nitrogen and oxygen atoms in total. The van der Waals surface area contributed by atoms with Gasteiger partial charge in [0.25, 0.3) is 0 Å². The molecule has 0 radical (unpaired) electrons. The Kier molecular flexibility index (Phi) is 3.72. The molecule has 0 bridgehead atoms. The monoisotopic (exact) mass is 292 g/mol. The molecule has 1 heterocycles. The van der Waals surface area contributed by atoms with E-state index >= 15 is 0 Å². The van der Waals surface area contributed by atoms with Crippen LogP contribution in [0.4, 0.5) is 11.4 Å². The molecule has 0 aliphatic heterocycles. The van der Waals surface area contributed by atoms with Crippen LogP contribution < -0.4 is 10.1 Å². The lowest BCUT2D eigenvalue weighted by molar-refractivity contribution is 0.415. The first-order valence-electron chi connectivity index (χ1n) is 7.36. The molecule has 0 saturated carbocycles. The summed E-state index contributed by atoms with van der Waals surface area (Å²) in [6, 6.07) is 14.5. The molecule has 1 aromatic heterocycles. The predicted octanol–water partition coefficient (Wildman–Crippen LogP) is 4.91. The average Bonchev–Trinajstić information content (AvgIpc) is 2.50. The summed E-state index contributed by atoms with van der Waals surface area (Å²) in [5, 5.41) is 4.61. The van der Waals surface area contributed by atoms with E-state index in [-0.39, 0.29) is 0 Å². The molecule has 0 aliphatic rings. The SMILES string of the molecule is COc1ccc2nc(C)cc(Nc3cc(C)ccc3C)c2c1. The van der Waals surface area contributed by atoms with Crippen LogP contribution in [0.15, 0.2) is 42.5 Å². The van der Waals surface area contributed by atoms with Crippen LogP contribution in [0.1, 0.15) is 16.8 Å². The van der Waals surface area contributed by atoms with Gasteiger partial charge in [-0.1, -0.05) is 12.1 Å². The Hall–Kier alpha value is -2.55. The average molecular weight is 292 g/mol. The molecule has 0 fully saturated rings. The Bertz CT molecular complexity index is 840. The maximum Gasteiger partial charge on any atom is 0.119 e. The molecule has 0 amide bonds. The van der Waals surface area contributed by atoms with Crippen molar-refractivity contribution >= 4 is 22.3 Å². The summed E-state index contributed by atoms with van der Waals surface area (Å²) in [7, 11) is 1.68. The highest BCUT2D eigenvalue weighted by Crippen LogP contribution is 2.30. The van der Waals surface area contributed by atoms with Crippen LogP contribution in [0.5, 0.6) is 5.75 Å². The summed E-state index contributed by atoms with van der Waals surface area (Å²) in [5.41, 5.74) is 6.58. The van der Waals surface area contributed by atoms with Crippen molar-refractivity contribution in [3.8, 4) is 5.75 Å². The maximum absolute atomic E-state index is 5.35. The molecule has 112 valence electrons. The fraction of sp³-hybridized carbons (Fsp3) is 0.211. The smallest absolute Gasteiger partial charge is 0.119 e. The van der Waals surface area contributed by atoms with Gasteiger partial charge in [-0.2, -0.15) is 0 Å². The van der Waals surface area contributed by atoms with Gasteiger partial charge in [0, 0.05) is 22.5 Å². The molecule has 0 aliphatic carbocycles. The first kappa shape index (κ1) is 14.4. The third kappa shape index (κ3) is 2.75. The molecular formula is C19H20N2O.